The number of ketones is 1. The quantitative estimate of drug-likeness (QED) is 0.719. The van der Waals surface area contributed by atoms with E-state index in [1.165, 1.54) is 12.5 Å². The molecule has 1 nitrogen and oxygen atoms in total. The van der Waals surface area contributed by atoms with Gasteiger partial charge in [-0.25, -0.2) is 4.39 Å². The second-order valence-electron chi connectivity index (χ2n) is 5.12. The summed E-state index contributed by atoms with van der Waals surface area (Å²) in [7, 11) is 0. The van der Waals surface area contributed by atoms with E-state index in [0.717, 1.165) is 31.6 Å². The van der Waals surface area contributed by atoms with Crippen LogP contribution in [0.15, 0.2) is 22.7 Å². The summed E-state index contributed by atoms with van der Waals surface area (Å²) >= 11 is 3.13. The number of rotatable bonds is 3. The van der Waals surface area contributed by atoms with E-state index in [9.17, 15) is 9.18 Å². The number of hydrogen-bond acceptors (Lipinski definition) is 1. The molecule has 0 spiro atoms. The maximum absolute atomic E-state index is 13.1. The molecule has 0 saturated heterocycles. The fraction of sp³-hybridized carbons (Fsp3) is 0.533. The predicted octanol–water partition coefficient (Wildman–Crippen LogP) is 4.99. The zero-order valence-electron chi connectivity index (χ0n) is 10.6. The van der Waals surface area contributed by atoms with Crippen LogP contribution in [0.5, 0.6) is 0 Å². The van der Waals surface area contributed by atoms with Gasteiger partial charge in [-0.15, -0.1) is 0 Å². The van der Waals surface area contributed by atoms with E-state index < -0.39 is 0 Å². The van der Waals surface area contributed by atoms with E-state index >= 15 is 0 Å². The van der Waals surface area contributed by atoms with Crippen LogP contribution in [-0.2, 0) is 0 Å². The molecular formula is C15H18BrFO. The molecule has 0 unspecified atom stereocenters. The van der Waals surface area contributed by atoms with Gasteiger partial charge in [0.2, 0.25) is 0 Å². The number of benzene rings is 1. The van der Waals surface area contributed by atoms with E-state index in [-0.39, 0.29) is 17.5 Å². The first kappa shape index (κ1) is 13.7. The summed E-state index contributed by atoms with van der Waals surface area (Å²) in [6, 6.07) is 4.55. The predicted molar refractivity (Wildman–Crippen MR) is 74.2 cm³/mol. The van der Waals surface area contributed by atoms with Crippen molar-refractivity contribution >= 4 is 21.7 Å². The van der Waals surface area contributed by atoms with Crippen LogP contribution < -0.4 is 0 Å². The van der Waals surface area contributed by atoms with Gasteiger partial charge in [0.05, 0.1) is 4.47 Å². The van der Waals surface area contributed by atoms with Gasteiger partial charge in [0.1, 0.15) is 5.82 Å². The average molecular weight is 313 g/mol. The minimum absolute atomic E-state index is 0.130. The molecule has 1 aliphatic rings. The summed E-state index contributed by atoms with van der Waals surface area (Å²) in [5, 5.41) is 0. The molecule has 0 amide bonds. The van der Waals surface area contributed by atoms with Crippen molar-refractivity contribution in [2.45, 2.75) is 39.0 Å². The smallest absolute Gasteiger partial charge is 0.165 e. The largest absolute Gasteiger partial charge is 0.294 e. The Morgan fingerprint density at radius 3 is 2.56 bits per heavy atom. The Bertz CT molecular complexity index is 436. The lowest BCUT2D eigenvalue weighted by Gasteiger charge is -2.26. The Labute approximate surface area is 116 Å². The van der Waals surface area contributed by atoms with Crippen molar-refractivity contribution < 1.29 is 9.18 Å². The summed E-state index contributed by atoms with van der Waals surface area (Å²) in [6.07, 6.45) is 5.46. The van der Waals surface area contributed by atoms with Crippen LogP contribution in [-0.4, -0.2) is 5.78 Å². The van der Waals surface area contributed by atoms with Crippen molar-refractivity contribution in [3.8, 4) is 0 Å². The zero-order chi connectivity index (χ0) is 13.1. The Morgan fingerprint density at radius 1 is 1.33 bits per heavy atom. The molecule has 2 rings (SSSR count). The normalized spacial score (nSPS) is 23.9. The van der Waals surface area contributed by atoms with Crippen molar-refractivity contribution in [3.63, 3.8) is 0 Å². The number of hydrogen-bond donors (Lipinski definition) is 0. The number of carbonyl (C=O) groups is 1. The van der Waals surface area contributed by atoms with Gasteiger partial charge in [-0.05, 0) is 65.7 Å². The molecule has 3 heteroatoms. The van der Waals surface area contributed by atoms with Crippen molar-refractivity contribution in [1.82, 2.24) is 0 Å². The molecule has 0 heterocycles. The lowest BCUT2D eigenvalue weighted by Crippen LogP contribution is -2.21. The minimum Gasteiger partial charge on any atom is -0.294 e. The molecule has 0 aromatic heterocycles. The topological polar surface area (TPSA) is 17.1 Å². The SMILES string of the molecule is CCC1CCC(C(=O)c2ccc(F)c(Br)c2)CC1. The third-order valence-electron chi connectivity index (χ3n) is 4.00. The summed E-state index contributed by atoms with van der Waals surface area (Å²) in [5.74, 6) is 0.769. The zero-order valence-corrected chi connectivity index (χ0v) is 12.2. The molecule has 0 bridgehead atoms. The molecule has 1 aliphatic carbocycles. The molecule has 0 N–H and O–H groups in total. The molecule has 1 fully saturated rings. The highest BCUT2D eigenvalue weighted by atomic mass is 79.9. The van der Waals surface area contributed by atoms with Gasteiger partial charge in [-0.1, -0.05) is 13.3 Å². The van der Waals surface area contributed by atoms with E-state index in [1.54, 1.807) is 12.1 Å². The molecule has 18 heavy (non-hydrogen) atoms. The number of halogens is 2. The molecule has 1 aromatic rings. The highest BCUT2D eigenvalue weighted by Crippen LogP contribution is 2.33. The van der Waals surface area contributed by atoms with E-state index in [0.29, 0.717) is 10.0 Å². The Balaban J connectivity index is 2.05. The maximum Gasteiger partial charge on any atom is 0.165 e. The molecular weight excluding hydrogens is 295 g/mol. The van der Waals surface area contributed by atoms with Gasteiger partial charge in [0.15, 0.2) is 5.78 Å². The van der Waals surface area contributed by atoms with Crippen LogP contribution in [0.2, 0.25) is 0 Å². The summed E-state index contributed by atoms with van der Waals surface area (Å²) in [5.41, 5.74) is 0.628. The molecule has 0 radical (unpaired) electrons. The second kappa shape index (κ2) is 5.96. The van der Waals surface area contributed by atoms with Gasteiger partial charge in [-0.2, -0.15) is 0 Å². The van der Waals surface area contributed by atoms with Gasteiger partial charge in [-0.3, -0.25) is 4.79 Å². The van der Waals surface area contributed by atoms with Crippen molar-refractivity contribution in [2.24, 2.45) is 11.8 Å². The Hall–Kier alpha value is -0.700. The lowest BCUT2D eigenvalue weighted by molar-refractivity contribution is 0.0871. The number of carbonyl (C=O) groups excluding carboxylic acids is 1. The first-order chi connectivity index (χ1) is 8.61. The van der Waals surface area contributed by atoms with Crippen LogP contribution in [0.4, 0.5) is 4.39 Å². The van der Waals surface area contributed by atoms with E-state index in [1.807, 2.05) is 0 Å². The highest BCUT2D eigenvalue weighted by Gasteiger charge is 2.26. The molecule has 98 valence electrons. The van der Waals surface area contributed by atoms with Crippen LogP contribution in [0.1, 0.15) is 49.4 Å². The fourth-order valence-corrected chi connectivity index (χ4v) is 3.10. The third-order valence-corrected chi connectivity index (χ3v) is 4.61. The van der Waals surface area contributed by atoms with Crippen molar-refractivity contribution in [1.29, 1.82) is 0 Å². The van der Waals surface area contributed by atoms with Crippen molar-refractivity contribution in [2.75, 3.05) is 0 Å². The first-order valence-corrected chi connectivity index (χ1v) is 7.40. The minimum atomic E-state index is -0.318. The fourth-order valence-electron chi connectivity index (χ4n) is 2.72. The maximum atomic E-state index is 13.1. The average Bonchev–Trinajstić information content (AvgIpc) is 2.41. The van der Waals surface area contributed by atoms with Crippen LogP contribution in [0, 0.1) is 17.7 Å². The highest BCUT2D eigenvalue weighted by molar-refractivity contribution is 9.10. The summed E-state index contributed by atoms with van der Waals surface area (Å²) < 4.78 is 13.5. The van der Waals surface area contributed by atoms with Crippen LogP contribution >= 0.6 is 15.9 Å². The van der Waals surface area contributed by atoms with Gasteiger partial charge in [0.25, 0.3) is 0 Å². The third kappa shape index (κ3) is 3.00. The first-order valence-electron chi connectivity index (χ1n) is 6.61. The van der Waals surface area contributed by atoms with Gasteiger partial charge in [0, 0.05) is 11.5 Å². The molecule has 1 aromatic carbocycles. The molecule has 0 aliphatic heterocycles. The standard InChI is InChI=1S/C15H18BrFO/c1-2-10-3-5-11(6-4-10)15(18)12-7-8-14(17)13(16)9-12/h7-11H,2-6H2,1H3. The monoisotopic (exact) mass is 312 g/mol. The van der Waals surface area contributed by atoms with E-state index in [4.69, 9.17) is 0 Å². The summed E-state index contributed by atoms with van der Waals surface area (Å²) in [4.78, 5) is 12.3. The Kier molecular flexibility index (Phi) is 4.55. The van der Waals surface area contributed by atoms with E-state index in [2.05, 4.69) is 22.9 Å². The van der Waals surface area contributed by atoms with Crippen LogP contribution in [0.3, 0.4) is 0 Å². The second-order valence-corrected chi connectivity index (χ2v) is 5.97. The molecule has 0 atom stereocenters. The van der Waals surface area contributed by atoms with Crippen molar-refractivity contribution in [3.05, 3.63) is 34.1 Å². The summed E-state index contributed by atoms with van der Waals surface area (Å²) in [6.45, 7) is 2.21. The van der Waals surface area contributed by atoms with Gasteiger partial charge >= 0.3 is 0 Å². The lowest BCUT2D eigenvalue weighted by atomic mass is 9.78. The van der Waals surface area contributed by atoms with Crippen LogP contribution in [0.25, 0.3) is 0 Å². The molecule has 1 saturated carbocycles. The number of Topliss-reactive ketones (excluding diaryl/α,β-unsaturated/α-hetero) is 1. The Morgan fingerprint density at radius 2 is 2.00 bits per heavy atom. The van der Waals surface area contributed by atoms with Gasteiger partial charge < -0.3 is 0 Å².